The van der Waals surface area contributed by atoms with Gasteiger partial charge in [0.05, 0.1) is 6.20 Å². The van der Waals surface area contributed by atoms with Crippen molar-refractivity contribution in [2.24, 2.45) is 5.73 Å². The van der Waals surface area contributed by atoms with E-state index in [2.05, 4.69) is 25.1 Å². The van der Waals surface area contributed by atoms with Crippen LogP contribution in [-0.2, 0) is 23.0 Å². The maximum atomic E-state index is 12.0. The number of rotatable bonds is 6. The van der Waals surface area contributed by atoms with Crippen LogP contribution in [0.4, 0.5) is 0 Å². The molecule has 0 atom stereocenters. The summed E-state index contributed by atoms with van der Waals surface area (Å²) in [5.41, 5.74) is 5.86. The normalized spacial score (nSPS) is 11.9. The van der Waals surface area contributed by atoms with E-state index in [1.54, 1.807) is 6.92 Å². The number of sulfonamides is 1. The van der Waals surface area contributed by atoms with E-state index in [0.29, 0.717) is 23.7 Å². The minimum absolute atomic E-state index is 0.0145. The van der Waals surface area contributed by atoms with Crippen molar-refractivity contribution in [3.8, 4) is 0 Å². The molecule has 0 aliphatic heterocycles. The first-order valence-corrected chi connectivity index (χ1v) is 7.02. The quantitative estimate of drug-likeness (QED) is 0.623. The third-order valence-corrected chi connectivity index (χ3v) is 3.85. The molecule has 0 aromatic carbocycles. The van der Waals surface area contributed by atoms with Crippen LogP contribution in [0.2, 0.25) is 0 Å². The van der Waals surface area contributed by atoms with Crippen LogP contribution >= 0.6 is 0 Å². The standard InChI is InChI=1S/C9H14N6O3S/c1-6-13-8(15-18-6)2-3-12-19(16,17)9-7(4-10)5-11-14-9/h5,12H,2-4,10H2,1H3,(H,11,14). The molecule has 2 aromatic rings. The van der Waals surface area contributed by atoms with E-state index in [-0.39, 0.29) is 18.1 Å². The first-order chi connectivity index (χ1) is 9.03. The number of hydrogen-bond acceptors (Lipinski definition) is 7. The number of nitrogens with zero attached hydrogens (tertiary/aromatic N) is 3. The molecule has 0 saturated carbocycles. The van der Waals surface area contributed by atoms with Gasteiger partial charge in [-0.1, -0.05) is 5.16 Å². The summed E-state index contributed by atoms with van der Waals surface area (Å²) in [4.78, 5) is 3.97. The maximum Gasteiger partial charge on any atom is 0.257 e. The highest BCUT2D eigenvalue weighted by molar-refractivity contribution is 7.89. The van der Waals surface area contributed by atoms with Crippen molar-refractivity contribution in [1.29, 1.82) is 0 Å². The summed E-state index contributed by atoms with van der Waals surface area (Å²) in [5.74, 6) is 0.890. The Kier molecular flexibility index (Phi) is 3.93. The highest BCUT2D eigenvalue weighted by atomic mass is 32.2. The molecular formula is C9H14N6O3S. The average molecular weight is 286 g/mol. The van der Waals surface area contributed by atoms with Crippen molar-refractivity contribution in [3.05, 3.63) is 23.5 Å². The van der Waals surface area contributed by atoms with Crippen molar-refractivity contribution in [3.63, 3.8) is 0 Å². The van der Waals surface area contributed by atoms with Crippen LogP contribution in [0.5, 0.6) is 0 Å². The smallest absolute Gasteiger partial charge is 0.257 e. The van der Waals surface area contributed by atoms with Gasteiger partial charge < -0.3 is 10.3 Å². The van der Waals surface area contributed by atoms with Crippen LogP contribution in [0.25, 0.3) is 0 Å². The van der Waals surface area contributed by atoms with Gasteiger partial charge >= 0.3 is 0 Å². The van der Waals surface area contributed by atoms with E-state index in [9.17, 15) is 8.42 Å². The molecular weight excluding hydrogens is 272 g/mol. The number of H-pyrrole nitrogens is 1. The van der Waals surface area contributed by atoms with Gasteiger partial charge in [-0.3, -0.25) is 5.10 Å². The van der Waals surface area contributed by atoms with Crippen LogP contribution in [-0.4, -0.2) is 35.3 Å². The Morgan fingerprint density at radius 3 is 2.95 bits per heavy atom. The molecule has 0 aliphatic rings. The van der Waals surface area contributed by atoms with E-state index in [1.165, 1.54) is 6.20 Å². The molecule has 19 heavy (non-hydrogen) atoms. The molecule has 0 unspecified atom stereocenters. The van der Waals surface area contributed by atoms with Gasteiger partial charge in [0.25, 0.3) is 10.0 Å². The Morgan fingerprint density at radius 2 is 2.32 bits per heavy atom. The summed E-state index contributed by atoms with van der Waals surface area (Å²) >= 11 is 0. The number of nitrogens with one attached hydrogen (secondary N) is 2. The summed E-state index contributed by atoms with van der Waals surface area (Å²) in [6.07, 6.45) is 1.72. The van der Waals surface area contributed by atoms with E-state index in [4.69, 9.17) is 10.3 Å². The van der Waals surface area contributed by atoms with Gasteiger partial charge in [0.2, 0.25) is 5.89 Å². The average Bonchev–Trinajstić information content (AvgIpc) is 2.97. The molecule has 0 amide bonds. The number of aromatic amines is 1. The van der Waals surface area contributed by atoms with Crippen LogP contribution in [0.3, 0.4) is 0 Å². The second-order valence-corrected chi connectivity index (χ2v) is 5.51. The Balaban J connectivity index is 1.98. The predicted octanol–water partition coefficient (Wildman–Crippen LogP) is -0.919. The molecule has 0 radical (unpaired) electrons. The van der Waals surface area contributed by atoms with E-state index < -0.39 is 10.0 Å². The minimum Gasteiger partial charge on any atom is -0.340 e. The molecule has 2 rings (SSSR count). The zero-order valence-corrected chi connectivity index (χ0v) is 11.1. The Bertz CT molecular complexity index is 646. The molecule has 9 nitrogen and oxygen atoms in total. The third kappa shape index (κ3) is 3.16. The van der Waals surface area contributed by atoms with Gasteiger partial charge in [-0.25, -0.2) is 13.1 Å². The van der Waals surface area contributed by atoms with Gasteiger partial charge in [0.1, 0.15) is 0 Å². The zero-order valence-electron chi connectivity index (χ0n) is 10.3. The molecule has 2 aromatic heterocycles. The summed E-state index contributed by atoms with van der Waals surface area (Å²) < 4.78 is 31.1. The predicted molar refractivity (Wildman–Crippen MR) is 64.4 cm³/mol. The van der Waals surface area contributed by atoms with E-state index in [1.807, 2.05) is 0 Å². The molecule has 0 fully saturated rings. The number of aryl methyl sites for hydroxylation is 1. The lowest BCUT2D eigenvalue weighted by Crippen LogP contribution is -2.27. The van der Waals surface area contributed by atoms with Crippen molar-refractivity contribution in [2.45, 2.75) is 24.9 Å². The van der Waals surface area contributed by atoms with Crippen LogP contribution in [0.15, 0.2) is 15.7 Å². The largest absolute Gasteiger partial charge is 0.340 e. The summed E-state index contributed by atoms with van der Waals surface area (Å²) in [6.45, 7) is 1.92. The fourth-order valence-electron chi connectivity index (χ4n) is 1.49. The highest BCUT2D eigenvalue weighted by Gasteiger charge is 2.19. The van der Waals surface area contributed by atoms with E-state index in [0.717, 1.165) is 0 Å². The third-order valence-electron chi connectivity index (χ3n) is 2.38. The fraction of sp³-hybridized carbons (Fsp3) is 0.444. The molecule has 0 aliphatic carbocycles. The van der Waals surface area contributed by atoms with Crippen LogP contribution in [0.1, 0.15) is 17.3 Å². The maximum absolute atomic E-state index is 12.0. The zero-order chi connectivity index (χ0) is 13.9. The van der Waals surface area contributed by atoms with Crippen molar-refractivity contribution >= 4 is 10.0 Å². The second-order valence-electron chi connectivity index (χ2n) is 3.81. The van der Waals surface area contributed by atoms with Gasteiger partial charge in [-0.05, 0) is 0 Å². The monoisotopic (exact) mass is 286 g/mol. The molecule has 2 heterocycles. The fourth-order valence-corrected chi connectivity index (χ4v) is 2.66. The SMILES string of the molecule is Cc1nc(CCNS(=O)(=O)c2[nH]ncc2CN)no1. The number of nitrogens with two attached hydrogens (primary N) is 1. The van der Waals surface area contributed by atoms with Crippen LogP contribution < -0.4 is 10.5 Å². The number of hydrogen-bond donors (Lipinski definition) is 3. The molecule has 0 spiro atoms. The van der Waals surface area contributed by atoms with Crippen molar-refractivity contribution in [2.75, 3.05) is 6.54 Å². The summed E-state index contributed by atoms with van der Waals surface area (Å²) in [5, 5.41) is 9.74. The first kappa shape index (κ1) is 13.6. The summed E-state index contributed by atoms with van der Waals surface area (Å²) in [6, 6.07) is 0. The summed E-state index contributed by atoms with van der Waals surface area (Å²) in [7, 11) is -3.66. The lowest BCUT2D eigenvalue weighted by atomic mass is 10.4. The van der Waals surface area contributed by atoms with E-state index >= 15 is 0 Å². The second kappa shape index (κ2) is 5.47. The highest BCUT2D eigenvalue weighted by Crippen LogP contribution is 2.10. The van der Waals surface area contributed by atoms with Crippen LogP contribution in [0, 0.1) is 6.92 Å². The first-order valence-electron chi connectivity index (χ1n) is 5.54. The topological polar surface area (TPSA) is 140 Å². The van der Waals surface area contributed by atoms with Crippen molar-refractivity contribution in [1.82, 2.24) is 25.1 Å². The molecule has 4 N–H and O–H groups in total. The molecule has 0 saturated heterocycles. The number of aromatic nitrogens is 4. The lowest BCUT2D eigenvalue weighted by Gasteiger charge is -2.04. The Labute approximate surface area is 109 Å². The molecule has 10 heteroatoms. The van der Waals surface area contributed by atoms with Gasteiger partial charge in [0.15, 0.2) is 10.9 Å². The Hall–Kier alpha value is -1.78. The molecule has 0 bridgehead atoms. The van der Waals surface area contributed by atoms with Crippen molar-refractivity contribution < 1.29 is 12.9 Å². The van der Waals surface area contributed by atoms with Gasteiger partial charge in [-0.15, -0.1) is 0 Å². The molecule has 104 valence electrons. The van der Waals surface area contributed by atoms with Gasteiger partial charge in [-0.2, -0.15) is 10.1 Å². The minimum atomic E-state index is -3.66. The Morgan fingerprint density at radius 1 is 1.53 bits per heavy atom. The lowest BCUT2D eigenvalue weighted by molar-refractivity contribution is 0.387. The van der Waals surface area contributed by atoms with Gasteiger partial charge in [0, 0.05) is 32.0 Å².